The first-order chi connectivity index (χ1) is 9.36. The highest BCUT2D eigenvalue weighted by atomic mass is 15.1. The molecule has 0 aliphatic carbocycles. The van der Waals surface area contributed by atoms with Crippen LogP contribution < -0.4 is 5.32 Å². The molecule has 0 saturated heterocycles. The van der Waals surface area contributed by atoms with Gasteiger partial charge in [0.2, 0.25) is 0 Å². The number of aromatic nitrogens is 1. The van der Waals surface area contributed by atoms with Crippen LogP contribution in [0.15, 0.2) is 24.4 Å². The van der Waals surface area contributed by atoms with E-state index >= 15 is 0 Å². The molecular formula is C16H29N3. The molecule has 0 atom stereocenters. The molecule has 1 aromatic rings. The molecule has 0 aromatic carbocycles. The van der Waals surface area contributed by atoms with Gasteiger partial charge in [0.1, 0.15) is 0 Å². The molecule has 0 spiro atoms. The summed E-state index contributed by atoms with van der Waals surface area (Å²) in [5, 5.41) is 3.53. The van der Waals surface area contributed by atoms with E-state index in [1.165, 1.54) is 25.7 Å². The first kappa shape index (κ1) is 16.1. The fraction of sp³-hybridized carbons (Fsp3) is 0.688. The van der Waals surface area contributed by atoms with Gasteiger partial charge in [0.05, 0.1) is 5.69 Å². The van der Waals surface area contributed by atoms with E-state index in [4.69, 9.17) is 0 Å². The minimum Gasteiger partial charge on any atom is -0.315 e. The monoisotopic (exact) mass is 263 g/mol. The van der Waals surface area contributed by atoms with Crippen LogP contribution in [0.4, 0.5) is 0 Å². The third-order valence-electron chi connectivity index (χ3n) is 3.37. The van der Waals surface area contributed by atoms with Crippen molar-refractivity contribution in [2.24, 2.45) is 0 Å². The largest absolute Gasteiger partial charge is 0.315 e. The van der Waals surface area contributed by atoms with Crippen LogP contribution in [-0.2, 0) is 6.54 Å². The fourth-order valence-electron chi connectivity index (χ4n) is 2.11. The fourth-order valence-corrected chi connectivity index (χ4v) is 2.11. The summed E-state index contributed by atoms with van der Waals surface area (Å²) in [6.45, 7) is 9.83. The summed E-state index contributed by atoms with van der Waals surface area (Å²) in [7, 11) is 0. The molecule has 0 bridgehead atoms. The zero-order valence-corrected chi connectivity index (χ0v) is 12.6. The van der Waals surface area contributed by atoms with Crippen molar-refractivity contribution in [2.75, 3.05) is 26.2 Å². The Kier molecular flexibility index (Phi) is 9.29. The van der Waals surface area contributed by atoms with Crippen LogP contribution in [0.2, 0.25) is 0 Å². The number of unbranched alkanes of at least 4 members (excludes halogenated alkanes) is 3. The van der Waals surface area contributed by atoms with Gasteiger partial charge in [-0.25, -0.2) is 0 Å². The summed E-state index contributed by atoms with van der Waals surface area (Å²) in [5.41, 5.74) is 1.16. The van der Waals surface area contributed by atoms with Crippen molar-refractivity contribution >= 4 is 0 Å². The predicted octanol–water partition coefficient (Wildman–Crippen LogP) is 3.07. The van der Waals surface area contributed by atoms with Gasteiger partial charge in [-0.3, -0.25) is 9.88 Å². The van der Waals surface area contributed by atoms with Gasteiger partial charge < -0.3 is 5.32 Å². The Bertz CT molecular complexity index is 300. The van der Waals surface area contributed by atoms with Crippen LogP contribution in [0, 0.1) is 0 Å². The van der Waals surface area contributed by atoms with Gasteiger partial charge >= 0.3 is 0 Å². The second-order valence-corrected chi connectivity index (χ2v) is 5.00. The Balaban J connectivity index is 2.09. The SMILES string of the molecule is CCCCCCNCCN(CC)Cc1ccccn1. The smallest absolute Gasteiger partial charge is 0.0543 e. The molecule has 1 heterocycles. The molecule has 19 heavy (non-hydrogen) atoms. The topological polar surface area (TPSA) is 28.2 Å². The van der Waals surface area contributed by atoms with Crippen molar-refractivity contribution in [1.29, 1.82) is 0 Å². The lowest BCUT2D eigenvalue weighted by atomic mass is 10.2. The van der Waals surface area contributed by atoms with Crippen molar-refractivity contribution < 1.29 is 0 Å². The van der Waals surface area contributed by atoms with Gasteiger partial charge in [-0.05, 0) is 31.6 Å². The first-order valence-electron chi connectivity index (χ1n) is 7.69. The Morgan fingerprint density at radius 3 is 2.68 bits per heavy atom. The number of nitrogens with one attached hydrogen (secondary N) is 1. The van der Waals surface area contributed by atoms with Gasteiger partial charge in [-0.15, -0.1) is 0 Å². The van der Waals surface area contributed by atoms with E-state index in [1.807, 2.05) is 12.3 Å². The van der Waals surface area contributed by atoms with E-state index in [2.05, 4.69) is 41.2 Å². The number of hydrogen-bond donors (Lipinski definition) is 1. The highest BCUT2D eigenvalue weighted by Gasteiger charge is 2.03. The average Bonchev–Trinajstić information content (AvgIpc) is 2.46. The predicted molar refractivity (Wildman–Crippen MR) is 82.2 cm³/mol. The standard InChI is InChI=1S/C16H29N3/c1-3-5-6-8-11-17-13-14-19(4-2)15-16-10-7-9-12-18-16/h7,9-10,12,17H,3-6,8,11,13-15H2,1-2H3. The molecule has 108 valence electrons. The van der Waals surface area contributed by atoms with E-state index in [0.29, 0.717) is 0 Å². The van der Waals surface area contributed by atoms with Crippen LogP contribution in [0.3, 0.4) is 0 Å². The molecule has 1 N–H and O–H groups in total. The lowest BCUT2D eigenvalue weighted by Gasteiger charge is -2.20. The molecular weight excluding hydrogens is 234 g/mol. The Hall–Kier alpha value is -0.930. The van der Waals surface area contributed by atoms with Crippen molar-refractivity contribution in [3.63, 3.8) is 0 Å². The minimum absolute atomic E-state index is 0.953. The maximum atomic E-state index is 4.38. The third kappa shape index (κ3) is 7.96. The zero-order chi connectivity index (χ0) is 13.8. The average molecular weight is 263 g/mol. The molecule has 1 aromatic heterocycles. The van der Waals surface area contributed by atoms with E-state index in [0.717, 1.165) is 38.4 Å². The van der Waals surface area contributed by atoms with E-state index in [-0.39, 0.29) is 0 Å². The van der Waals surface area contributed by atoms with Gasteiger partial charge in [0, 0.05) is 25.8 Å². The molecule has 3 heteroatoms. The Labute approximate surface area is 118 Å². The van der Waals surface area contributed by atoms with E-state index < -0.39 is 0 Å². The number of likely N-dealkylation sites (N-methyl/N-ethyl adjacent to an activating group) is 1. The van der Waals surface area contributed by atoms with Gasteiger partial charge in [-0.1, -0.05) is 39.2 Å². The first-order valence-corrected chi connectivity index (χ1v) is 7.69. The number of rotatable bonds is 11. The lowest BCUT2D eigenvalue weighted by molar-refractivity contribution is 0.276. The zero-order valence-electron chi connectivity index (χ0n) is 12.6. The number of hydrogen-bond acceptors (Lipinski definition) is 3. The molecule has 0 unspecified atom stereocenters. The van der Waals surface area contributed by atoms with Crippen LogP contribution in [-0.4, -0.2) is 36.1 Å². The van der Waals surface area contributed by atoms with Crippen molar-refractivity contribution in [3.05, 3.63) is 30.1 Å². The van der Waals surface area contributed by atoms with Crippen molar-refractivity contribution in [3.8, 4) is 0 Å². The van der Waals surface area contributed by atoms with Crippen molar-refractivity contribution in [1.82, 2.24) is 15.2 Å². The van der Waals surface area contributed by atoms with Gasteiger partial charge in [0.25, 0.3) is 0 Å². The normalized spacial score (nSPS) is 11.1. The quantitative estimate of drug-likeness (QED) is 0.622. The second kappa shape index (κ2) is 10.9. The molecule has 0 radical (unpaired) electrons. The summed E-state index contributed by atoms with van der Waals surface area (Å²) < 4.78 is 0. The molecule has 1 rings (SSSR count). The maximum Gasteiger partial charge on any atom is 0.0543 e. The summed E-state index contributed by atoms with van der Waals surface area (Å²) in [5.74, 6) is 0. The molecule has 0 saturated carbocycles. The van der Waals surface area contributed by atoms with Crippen LogP contribution in [0.1, 0.15) is 45.2 Å². The number of nitrogens with zero attached hydrogens (tertiary/aromatic N) is 2. The summed E-state index contributed by atoms with van der Waals surface area (Å²) >= 11 is 0. The summed E-state index contributed by atoms with van der Waals surface area (Å²) in [6.07, 6.45) is 7.21. The lowest BCUT2D eigenvalue weighted by Crippen LogP contribution is -2.32. The number of pyridine rings is 1. The minimum atomic E-state index is 0.953. The Morgan fingerprint density at radius 2 is 2.00 bits per heavy atom. The van der Waals surface area contributed by atoms with Crippen LogP contribution in [0.25, 0.3) is 0 Å². The maximum absolute atomic E-state index is 4.38. The van der Waals surface area contributed by atoms with Crippen molar-refractivity contribution in [2.45, 2.75) is 46.1 Å². The highest BCUT2D eigenvalue weighted by Crippen LogP contribution is 2.00. The highest BCUT2D eigenvalue weighted by molar-refractivity contribution is 5.03. The second-order valence-electron chi connectivity index (χ2n) is 5.00. The van der Waals surface area contributed by atoms with Gasteiger partial charge in [0.15, 0.2) is 0 Å². The van der Waals surface area contributed by atoms with Crippen LogP contribution in [0.5, 0.6) is 0 Å². The van der Waals surface area contributed by atoms with Crippen LogP contribution >= 0.6 is 0 Å². The molecule has 0 fully saturated rings. The summed E-state index contributed by atoms with van der Waals surface area (Å²) in [6, 6.07) is 6.13. The van der Waals surface area contributed by atoms with E-state index in [9.17, 15) is 0 Å². The third-order valence-corrected chi connectivity index (χ3v) is 3.37. The molecule has 0 aliphatic heterocycles. The summed E-state index contributed by atoms with van der Waals surface area (Å²) in [4.78, 5) is 6.81. The Morgan fingerprint density at radius 1 is 1.11 bits per heavy atom. The van der Waals surface area contributed by atoms with E-state index in [1.54, 1.807) is 0 Å². The molecule has 3 nitrogen and oxygen atoms in total. The molecule has 0 amide bonds. The van der Waals surface area contributed by atoms with Gasteiger partial charge in [-0.2, -0.15) is 0 Å². The molecule has 0 aliphatic rings.